The molecule has 24 heavy (non-hydrogen) atoms. The molecule has 1 heterocycles. The van der Waals surface area contributed by atoms with E-state index in [4.69, 9.17) is 0 Å². The Labute approximate surface area is 143 Å². The number of sulfone groups is 1. The molecule has 2 amide bonds. The van der Waals surface area contributed by atoms with E-state index >= 15 is 0 Å². The zero-order valence-electron chi connectivity index (χ0n) is 14.5. The lowest BCUT2D eigenvalue weighted by Gasteiger charge is -2.25. The minimum atomic E-state index is -3.05. The summed E-state index contributed by atoms with van der Waals surface area (Å²) in [6.45, 7) is 7.11. The van der Waals surface area contributed by atoms with Gasteiger partial charge in [0.1, 0.15) is 6.54 Å². The fourth-order valence-corrected chi connectivity index (χ4v) is 4.95. The number of carbonyl (C=O) groups is 2. The molecule has 1 saturated heterocycles. The lowest BCUT2D eigenvalue weighted by Crippen LogP contribution is -2.44. The van der Waals surface area contributed by atoms with E-state index in [9.17, 15) is 18.0 Å². The summed E-state index contributed by atoms with van der Waals surface area (Å²) in [5.74, 6) is -0.489. The van der Waals surface area contributed by atoms with Crippen LogP contribution in [-0.4, -0.2) is 44.3 Å². The Morgan fingerprint density at radius 1 is 1.21 bits per heavy atom. The van der Waals surface area contributed by atoms with Crippen LogP contribution in [0.1, 0.15) is 30.0 Å². The summed E-state index contributed by atoms with van der Waals surface area (Å²) in [4.78, 5) is 25.8. The molecule has 2 rings (SSSR count). The maximum atomic E-state index is 12.3. The van der Waals surface area contributed by atoms with Gasteiger partial charge in [0.25, 0.3) is 0 Å². The molecule has 132 valence electrons. The third-order valence-electron chi connectivity index (χ3n) is 4.18. The van der Waals surface area contributed by atoms with E-state index in [-0.39, 0.29) is 35.9 Å². The summed E-state index contributed by atoms with van der Waals surface area (Å²) in [7, 11) is -3.05. The van der Waals surface area contributed by atoms with Gasteiger partial charge < -0.3 is 10.2 Å². The molecule has 1 aromatic carbocycles. The maximum Gasteiger partial charge on any atom is 0.240 e. The highest BCUT2D eigenvalue weighted by molar-refractivity contribution is 7.91. The van der Waals surface area contributed by atoms with Crippen LogP contribution >= 0.6 is 0 Å². The Balaban J connectivity index is 2.15. The minimum absolute atomic E-state index is 0.0264. The van der Waals surface area contributed by atoms with Crippen LogP contribution in [0.3, 0.4) is 0 Å². The van der Waals surface area contributed by atoms with Crippen molar-refractivity contribution >= 4 is 27.3 Å². The first-order valence-corrected chi connectivity index (χ1v) is 9.77. The number of aryl methyl sites for hydroxylation is 3. The van der Waals surface area contributed by atoms with Crippen LogP contribution in [0.4, 0.5) is 5.69 Å². The highest BCUT2D eigenvalue weighted by Crippen LogP contribution is 2.26. The van der Waals surface area contributed by atoms with Crippen LogP contribution < -0.4 is 10.2 Å². The molecular weight excluding hydrogens is 328 g/mol. The lowest BCUT2D eigenvalue weighted by atomic mass is 10.0. The van der Waals surface area contributed by atoms with Crippen LogP contribution in [0.5, 0.6) is 0 Å². The van der Waals surface area contributed by atoms with Gasteiger partial charge in [0.15, 0.2) is 9.84 Å². The number of amides is 2. The molecule has 1 atom stereocenters. The lowest BCUT2D eigenvalue weighted by molar-refractivity contribution is -0.123. The molecule has 1 unspecified atom stereocenters. The van der Waals surface area contributed by atoms with Crippen LogP contribution in [-0.2, 0) is 19.4 Å². The molecule has 1 aliphatic heterocycles. The smallest absolute Gasteiger partial charge is 0.240 e. The summed E-state index contributed by atoms with van der Waals surface area (Å²) in [5.41, 5.74) is 3.69. The van der Waals surface area contributed by atoms with Crippen molar-refractivity contribution in [2.75, 3.05) is 23.0 Å². The molecule has 0 aromatic heterocycles. The van der Waals surface area contributed by atoms with Gasteiger partial charge in [-0.25, -0.2) is 8.42 Å². The average molecular weight is 352 g/mol. The molecule has 0 radical (unpaired) electrons. The van der Waals surface area contributed by atoms with E-state index in [0.29, 0.717) is 6.42 Å². The molecule has 0 aliphatic carbocycles. The molecular formula is C17H24N2O4S. The maximum absolute atomic E-state index is 12.3. The molecule has 1 aliphatic rings. The largest absolute Gasteiger partial charge is 0.351 e. The number of hydrogen-bond donors (Lipinski definition) is 1. The van der Waals surface area contributed by atoms with Crippen molar-refractivity contribution in [1.29, 1.82) is 0 Å². The topological polar surface area (TPSA) is 83.6 Å². The quantitative estimate of drug-likeness (QED) is 0.884. The fourth-order valence-electron chi connectivity index (χ4n) is 3.27. The van der Waals surface area contributed by atoms with Crippen LogP contribution in [0, 0.1) is 20.8 Å². The van der Waals surface area contributed by atoms with Gasteiger partial charge in [-0.3, -0.25) is 9.59 Å². The summed E-state index contributed by atoms with van der Waals surface area (Å²) >= 11 is 0. The van der Waals surface area contributed by atoms with Gasteiger partial charge >= 0.3 is 0 Å². The first-order chi connectivity index (χ1) is 11.1. The molecule has 1 fully saturated rings. The summed E-state index contributed by atoms with van der Waals surface area (Å²) in [6.07, 6.45) is 0.427. The molecule has 0 spiro atoms. The average Bonchev–Trinajstić information content (AvgIpc) is 2.75. The van der Waals surface area contributed by atoms with Gasteiger partial charge in [0.2, 0.25) is 11.8 Å². The second-order valence-corrected chi connectivity index (χ2v) is 8.75. The standard InChI is InChI=1S/C17H24N2O4S/c1-11-7-12(2)17(13(3)8-11)19(14(4)20)9-16(21)18-15-5-6-24(22,23)10-15/h7-8,15H,5-6,9-10H2,1-4H3,(H,18,21). The molecule has 1 aromatic rings. The molecule has 0 bridgehead atoms. The van der Waals surface area contributed by atoms with E-state index in [1.165, 1.54) is 11.8 Å². The summed E-state index contributed by atoms with van der Waals surface area (Å²) < 4.78 is 23.0. The first-order valence-electron chi connectivity index (χ1n) is 7.95. The van der Waals surface area contributed by atoms with Gasteiger partial charge in [-0.2, -0.15) is 0 Å². The number of nitrogens with one attached hydrogen (secondary N) is 1. The van der Waals surface area contributed by atoms with E-state index < -0.39 is 9.84 Å². The normalized spacial score (nSPS) is 19.1. The predicted molar refractivity (Wildman–Crippen MR) is 93.9 cm³/mol. The van der Waals surface area contributed by atoms with Crippen LogP contribution in [0.15, 0.2) is 12.1 Å². The number of rotatable bonds is 4. The Morgan fingerprint density at radius 2 is 1.79 bits per heavy atom. The van der Waals surface area contributed by atoms with Gasteiger partial charge in [-0.15, -0.1) is 0 Å². The SMILES string of the molecule is CC(=O)N(CC(=O)NC1CCS(=O)(=O)C1)c1c(C)cc(C)cc1C. The van der Waals surface area contributed by atoms with E-state index in [1.54, 1.807) is 0 Å². The minimum Gasteiger partial charge on any atom is -0.351 e. The van der Waals surface area contributed by atoms with Crippen molar-refractivity contribution in [3.8, 4) is 0 Å². The molecule has 6 nitrogen and oxygen atoms in total. The zero-order valence-corrected chi connectivity index (χ0v) is 15.4. The van der Waals surface area contributed by atoms with Gasteiger partial charge in [-0.1, -0.05) is 17.7 Å². The van der Waals surface area contributed by atoms with E-state index in [0.717, 1.165) is 22.4 Å². The Morgan fingerprint density at radius 3 is 2.25 bits per heavy atom. The summed E-state index contributed by atoms with van der Waals surface area (Å²) in [6, 6.07) is 3.58. The number of anilines is 1. The first kappa shape index (κ1) is 18.4. The Hall–Kier alpha value is -1.89. The highest BCUT2D eigenvalue weighted by atomic mass is 32.2. The predicted octanol–water partition coefficient (Wildman–Crippen LogP) is 1.27. The number of hydrogen-bond acceptors (Lipinski definition) is 4. The molecule has 0 saturated carbocycles. The van der Waals surface area contributed by atoms with Crippen molar-refractivity contribution in [3.05, 3.63) is 28.8 Å². The Kier molecular flexibility index (Phi) is 5.32. The second kappa shape index (κ2) is 6.93. The third kappa shape index (κ3) is 4.35. The van der Waals surface area contributed by atoms with Crippen LogP contribution in [0.25, 0.3) is 0 Å². The highest BCUT2D eigenvalue weighted by Gasteiger charge is 2.29. The molecule has 1 N–H and O–H groups in total. The fraction of sp³-hybridized carbons (Fsp3) is 0.529. The van der Waals surface area contributed by atoms with Crippen molar-refractivity contribution < 1.29 is 18.0 Å². The number of nitrogens with zero attached hydrogens (tertiary/aromatic N) is 1. The van der Waals surface area contributed by atoms with Crippen molar-refractivity contribution in [2.45, 2.75) is 40.2 Å². The monoisotopic (exact) mass is 352 g/mol. The van der Waals surface area contributed by atoms with Gasteiger partial charge in [0.05, 0.1) is 17.2 Å². The molecule has 7 heteroatoms. The second-order valence-electron chi connectivity index (χ2n) is 6.52. The van der Waals surface area contributed by atoms with E-state index in [2.05, 4.69) is 5.32 Å². The van der Waals surface area contributed by atoms with Crippen molar-refractivity contribution in [1.82, 2.24) is 5.32 Å². The Bertz CT molecular complexity index is 748. The van der Waals surface area contributed by atoms with Gasteiger partial charge in [0, 0.05) is 13.0 Å². The van der Waals surface area contributed by atoms with Gasteiger partial charge in [-0.05, 0) is 38.3 Å². The van der Waals surface area contributed by atoms with Crippen LogP contribution in [0.2, 0.25) is 0 Å². The van der Waals surface area contributed by atoms with Crippen molar-refractivity contribution in [2.24, 2.45) is 0 Å². The number of benzene rings is 1. The zero-order chi connectivity index (χ0) is 18.1. The number of carbonyl (C=O) groups excluding carboxylic acids is 2. The van der Waals surface area contributed by atoms with E-state index in [1.807, 2.05) is 32.9 Å². The van der Waals surface area contributed by atoms with Crippen molar-refractivity contribution in [3.63, 3.8) is 0 Å². The summed E-state index contributed by atoms with van der Waals surface area (Å²) in [5, 5.41) is 2.73. The third-order valence-corrected chi connectivity index (χ3v) is 5.95.